The largest absolute Gasteiger partial charge is 0.453 e. The lowest BCUT2D eigenvalue weighted by Crippen LogP contribution is -2.45. The molecule has 3 aliphatic heterocycles. The molecule has 3 aromatic rings. The first-order valence-electron chi connectivity index (χ1n) is 17.5. The van der Waals surface area contributed by atoms with E-state index in [0.29, 0.717) is 12.6 Å². The first-order valence-corrected chi connectivity index (χ1v) is 17.5. The zero-order valence-corrected chi connectivity index (χ0v) is 28.2. The standard InChI is InChI=1S/C39H49N3O6/c1-27(46-28(2)44)38(45)40-23-33-8-3-4-10-36(33)30-15-17-32(18-16-30)39-47-35(22-37(48-39)31-13-11-29(26-43)12-14-31)25-42-21-7-9-34(42)24-41-19-5-6-20-41/h3-4,8,10-18,27,34-35,37,39,43H,5-7,9,19-26H2,1-2H3,(H,40,45)/t27-,34-,35-,37+,39+/m0/s1. The van der Waals surface area contributed by atoms with Crippen molar-refractivity contribution >= 4 is 11.9 Å². The molecule has 5 atom stereocenters. The van der Waals surface area contributed by atoms with E-state index in [1.165, 1.54) is 45.7 Å². The van der Waals surface area contributed by atoms with E-state index in [9.17, 15) is 14.7 Å². The van der Waals surface area contributed by atoms with Crippen LogP contribution in [-0.4, -0.2) is 77.8 Å². The van der Waals surface area contributed by atoms with Gasteiger partial charge in [0.25, 0.3) is 5.91 Å². The van der Waals surface area contributed by atoms with Gasteiger partial charge in [-0.05, 0) is 80.1 Å². The number of hydrogen-bond acceptors (Lipinski definition) is 8. The van der Waals surface area contributed by atoms with Crippen molar-refractivity contribution in [2.24, 2.45) is 0 Å². The molecule has 0 saturated carbocycles. The van der Waals surface area contributed by atoms with Crippen molar-refractivity contribution in [3.05, 3.63) is 95.1 Å². The van der Waals surface area contributed by atoms with Crippen molar-refractivity contribution in [1.29, 1.82) is 0 Å². The molecule has 1 amide bonds. The van der Waals surface area contributed by atoms with E-state index in [1.807, 2.05) is 36.4 Å². The number of rotatable bonds is 12. The molecule has 6 rings (SSSR count). The second-order valence-corrected chi connectivity index (χ2v) is 13.4. The third-order valence-corrected chi connectivity index (χ3v) is 9.90. The normalized spacial score (nSPS) is 24.0. The van der Waals surface area contributed by atoms with Gasteiger partial charge >= 0.3 is 5.97 Å². The van der Waals surface area contributed by atoms with Crippen LogP contribution in [0, 0.1) is 0 Å². The minimum absolute atomic E-state index is 0.0166. The summed E-state index contributed by atoms with van der Waals surface area (Å²) in [6.07, 6.45) is 4.39. The summed E-state index contributed by atoms with van der Waals surface area (Å²) >= 11 is 0. The third kappa shape index (κ3) is 8.70. The lowest BCUT2D eigenvalue weighted by Gasteiger charge is -2.39. The predicted octanol–water partition coefficient (Wildman–Crippen LogP) is 5.52. The van der Waals surface area contributed by atoms with Crippen LogP contribution in [-0.2, 0) is 37.0 Å². The Labute approximate surface area is 284 Å². The van der Waals surface area contributed by atoms with Crippen LogP contribution in [0.2, 0.25) is 0 Å². The highest BCUT2D eigenvalue weighted by atomic mass is 16.7. The maximum absolute atomic E-state index is 12.5. The second kappa shape index (κ2) is 16.2. The number of likely N-dealkylation sites (tertiary alicyclic amines) is 2. The molecule has 3 heterocycles. The third-order valence-electron chi connectivity index (χ3n) is 9.90. The molecule has 0 aliphatic carbocycles. The molecular weight excluding hydrogens is 606 g/mol. The Balaban J connectivity index is 1.17. The van der Waals surface area contributed by atoms with E-state index >= 15 is 0 Å². The molecule has 0 radical (unpaired) electrons. The fraction of sp³-hybridized carbons (Fsp3) is 0.487. The monoisotopic (exact) mass is 655 g/mol. The molecule has 2 N–H and O–H groups in total. The van der Waals surface area contributed by atoms with Crippen molar-refractivity contribution in [3.8, 4) is 11.1 Å². The van der Waals surface area contributed by atoms with E-state index in [1.54, 1.807) is 6.92 Å². The molecule has 9 heteroatoms. The molecular formula is C39H49N3O6. The highest BCUT2D eigenvalue weighted by Crippen LogP contribution is 2.39. The van der Waals surface area contributed by atoms with Gasteiger partial charge in [-0.15, -0.1) is 0 Å². The molecule has 0 spiro atoms. The maximum Gasteiger partial charge on any atom is 0.303 e. The molecule has 3 aromatic carbocycles. The molecule has 3 saturated heterocycles. The van der Waals surface area contributed by atoms with Crippen LogP contribution in [0.25, 0.3) is 11.1 Å². The summed E-state index contributed by atoms with van der Waals surface area (Å²) in [6, 6.07) is 24.9. The number of carbonyl (C=O) groups excluding carboxylic acids is 2. The van der Waals surface area contributed by atoms with E-state index in [4.69, 9.17) is 14.2 Å². The fourth-order valence-electron chi connectivity index (χ4n) is 7.30. The van der Waals surface area contributed by atoms with E-state index < -0.39 is 18.4 Å². The van der Waals surface area contributed by atoms with E-state index in [-0.39, 0.29) is 24.7 Å². The van der Waals surface area contributed by atoms with Gasteiger partial charge in [0.05, 0.1) is 18.8 Å². The zero-order valence-electron chi connectivity index (χ0n) is 28.2. The summed E-state index contributed by atoms with van der Waals surface area (Å²) in [5, 5.41) is 12.5. The Morgan fingerprint density at radius 1 is 0.917 bits per heavy atom. The number of aliphatic hydroxyl groups is 1. The van der Waals surface area contributed by atoms with Crippen molar-refractivity contribution in [2.75, 3.05) is 32.7 Å². The highest BCUT2D eigenvalue weighted by Gasteiger charge is 2.36. The number of nitrogens with one attached hydrogen (secondary N) is 1. The Hall–Kier alpha value is -3.60. The van der Waals surface area contributed by atoms with Crippen molar-refractivity contribution in [3.63, 3.8) is 0 Å². The van der Waals surface area contributed by atoms with Gasteiger partial charge in [-0.1, -0.05) is 72.8 Å². The van der Waals surface area contributed by atoms with Crippen molar-refractivity contribution in [1.82, 2.24) is 15.1 Å². The lowest BCUT2D eigenvalue weighted by atomic mass is 9.97. The van der Waals surface area contributed by atoms with Gasteiger partial charge in [-0.2, -0.15) is 0 Å². The molecule has 3 fully saturated rings. The first-order chi connectivity index (χ1) is 23.4. The number of ether oxygens (including phenoxy) is 3. The molecule has 0 aromatic heterocycles. The molecule has 0 bridgehead atoms. The van der Waals surface area contributed by atoms with E-state index in [2.05, 4.69) is 51.5 Å². The van der Waals surface area contributed by atoms with Crippen LogP contribution in [0.1, 0.15) is 80.6 Å². The quantitative estimate of drug-likeness (QED) is 0.246. The fourth-order valence-corrected chi connectivity index (χ4v) is 7.30. The summed E-state index contributed by atoms with van der Waals surface area (Å²) in [7, 11) is 0. The Bertz CT molecular complexity index is 1510. The minimum Gasteiger partial charge on any atom is -0.453 e. The molecule has 9 nitrogen and oxygen atoms in total. The van der Waals surface area contributed by atoms with Gasteiger partial charge in [0.2, 0.25) is 0 Å². The maximum atomic E-state index is 12.5. The molecule has 48 heavy (non-hydrogen) atoms. The smallest absolute Gasteiger partial charge is 0.303 e. The van der Waals surface area contributed by atoms with Gasteiger partial charge in [-0.3, -0.25) is 14.5 Å². The molecule has 256 valence electrons. The van der Waals surface area contributed by atoms with Gasteiger partial charge in [0.1, 0.15) is 0 Å². The Morgan fingerprint density at radius 2 is 1.65 bits per heavy atom. The number of hydrogen-bond donors (Lipinski definition) is 2. The average Bonchev–Trinajstić information content (AvgIpc) is 3.79. The van der Waals surface area contributed by atoms with Crippen LogP contribution < -0.4 is 5.32 Å². The second-order valence-electron chi connectivity index (χ2n) is 13.4. The minimum atomic E-state index is -0.855. The Morgan fingerprint density at radius 3 is 2.38 bits per heavy atom. The van der Waals surface area contributed by atoms with Gasteiger partial charge in [0, 0.05) is 44.6 Å². The summed E-state index contributed by atoms with van der Waals surface area (Å²) in [5.74, 6) is -0.826. The number of aliphatic hydroxyl groups excluding tert-OH is 1. The number of amides is 1. The average molecular weight is 656 g/mol. The predicted molar refractivity (Wildman–Crippen MR) is 184 cm³/mol. The van der Waals surface area contributed by atoms with Crippen LogP contribution in [0.3, 0.4) is 0 Å². The summed E-state index contributed by atoms with van der Waals surface area (Å²) < 4.78 is 18.4. The summed E-state index contributed by atoms with van der Waals surface area (Å²) in [4.78, 5) is 29.0. The topological polar surface area (TPSA) is 101 Å². The van der Waals surface area contributed by atoms with Gasteiger partial charge in [0.15, 0.2) is 12.4 Å². The van der Waals surface area contributed by atoms with Crippen LogP contribution in [0.15, 0.2) is 72.8 Å². The SMILES string of the molecule is CC(=O)O[C@@H](C)C(=O)NCc1ccccc1-c1ccc([C@@H]2O[C@H](CN3CCC[C@H]3CN3CCCC3)C[C@H](c3ccc(CO)cc3)O2)cc1. The van der Waals surface area contributed by atoms with Gasteiger partial charge < -0.3 is 29.5 Å². The number of carbonyl (C=O) groups is 2. The van der Waals surface area contributed by atoms with Crippen LogP contribution in [0.4, 0.5) is 0 Å². The van der Waals surface area contributed by atoms with Gasteiger partial charge in [-0.25, -0.2) is 0 Å². The lowest BCUT2D eigenvalue weighted by molar-refractivity contribution is -0.253. The number of esters is 1. The number of benzene rings is 3. The summed E-state index contributed by atoms with van der Waals surface area (Å²) in [5.41, 5.74) is 5.91. The Kier molecular flexibility index (Phi) is 11.6. The van der Waals surface area contributed by atoms with Crippen LogP contribution >= 0.6 is 0 Å². The highest BCUT2D eigenvalue weighted by molar-refractivity contribution is 5.83. The van der Waals surface area contributed by atoms with Crippen molar-refractivity contribution in [2.45, 2.75) is 89.7 Å². The van der Waals surface area contributed by atoms with Crippen molar-refractivity contribution < 1.29 is 28.9 Å². The first kappa shape index (κ1) is 34.3. The molecule has 0 unspecified atom stereocenters. The summed E-state index contributed by atoms with van der Waals surface area (Å²) in [6.45, 7) is 8.76. The zero-order chi connectivity index (χ0) is 33.5. The molecule has 3 aliphatic rings. The van der Waals surface area contributed by atoms with Crippen LogP contribution in [0.5, 0.6) is 0 Å². The number of nitrogens with zero attached hydrogens (tertiary/aromatic N) is 2. The van der Waals surface area contributed by atoms with E-state index in [0.717, 1.165) is 59.4 Å².